The third-order valence-corrected chi connectivity index (χ3v) is 6.46. The molecule has 4 rings (SSSR count). The summed E-state index contributed by atoms with van der Waals surface area (Å²) in [4.78, 5) is 32.8. The van der Waals surface area contributed by atoms with Crippen LogP contribution in [0.15, 0.2) is 48.0 Å². The summed E-state index contributed by atoms with van der Waals surface area (Å²) in [6.07, 6.45) is 0. The summed E-state index contributed by atoms with van der Waals surface area (Å²) >= 11 is 1.25. The number of nitrogens with zero attached hydrogens (tertiary/aromatic N) is 2. The number of ketones is 1. The molecule has 1 amide bonds. The third-order valence-electron chi connectivity index (χ3n) is 5.38. The van der Waals surface area contributed by atoms with Crippen LogP contribution in [0.2, 0.25) is 0 Å². The van der Waals surface area contributed by atoms with Gasteiger partial charge in [-0.2, -0.15) is 0 Å². The fourth-order valence-electron chi connectivity index (χ4n) is 3.64. The van der Waals surface area contributed by atoms with Gasteiger partial charge in [-0.15, -0.1) is 11.3 Å². The van der Waals surface area contributed by atoms with Crippen molar-refractivity contribution >= 4 is 33.9 Å². The molecule has 0 bridgehead atoms. The zero-order valence-electron chi connectivity index (χ0n) is 18.1. The Bertz CT molecular complexity index is 1260. The van der Waals surface area contributed by atoms with Gasteiger partial charge >= 0.3 is 5.91 Å². The van der Waals surface area contributed by atoms with E-state index in [4.69, 9.17) is 4.74 Å². The molecule has 3 aromatic rings. The topological polar surface area (TPSA) is 100.0 Å². The first-order valence-corrected chi connectivity index (χ1v) is 11.0. The summed E-state index contributed by atoms with van der Waals surface area (Å²) in [5.74, 6) is -2.60. The molecule has 7 nitrogen and oxygen atoms in total. The van der Waals surface area contributed by atoms with Gasteiger partial charge in [-0.3, -0.25) is 14.5 Å². The number of rotatable bonds is 5. The van der Waals surface area contributed by atoms with E-state index in [1.54, 1.807) is 19.9 Å². The van der Waals surface area contributed by atoms with E-state index in [0.717, 1.165) is 22.7 Å². The zero-order chi connectivity index (χ0) is 23.9. The number of anilines is 1. The van der Waals surface area contributed by atoms with E-state index >= 15 is 0 Å². The molecular weight excluding hydrogens is 447 g/mol. The Kier molecular flexibility index (Phi) is 5.90. The molecule has 1 saturated heterocycles. The van der Waals surface area contributed by atoms with Crippen molar-refractivity contribution < 1.29 is 28.9 Å². The number of phenols is 1. The molecule has 2 heterocycles. The van der Waals surface area contributed by atoms with Gasteiger partial charge < -0.3 is 14.9 Å². The number of amides is 1. The minimum absolute atomic E-state index is 0.1000. The standard InChI is InChI=1S/C24H21FN2O5S/c1-4-32-18-11-15(7-10-17(18)28)20-19(21(29)14-5-8-16(25)9-6-14)22(30)23(31)27(20)24-26-12(2)13(3)33-24/h5-11,20,28-29H,4H2,1-3H3/t20-/m0/s1. The van der Waals surface area contributed by atoms with E-state index in [-0.39, 0.29) is 29.2 Å². The van der Waals surface area contributed by atoms with Gasteiger partial charge in [-0.25, -0.2) is 9.37 Å². The molecule has 2 N–H and O–H groups in total. The molecule has 1 fully saturated rings. The number of hydrogen-bond donors (Lipinski definition) is 2. The molecule has 33 heavy (non-hydrogen) atoms. The van der Waals surface area contributed by atoms with E-state index in [1.807, 2.05) is 6.92 Å². The quantitative estimate of drug-likeness (QED) is 0.322. The molecule has 0 radical (unpaired) electrons. The van der Waals surface area contributed by atoms with E-state index in [0.29, 0.717) is 10.7 Å². The van der Waals surface area contributed by atoms with Gasteiger partial charge in [0.15, 0.2) is 16.6 Å². The Labute approximate surface area is 193 Å². The number of carbonyl (C=O) groups is 2. The average molecular weight is 469 g/mol. The number of hydrogen-bond acceptors (Lipinski definition) is 7. The minimum atomic E-state index is -1.03. The van der Waals surface area contributed by atoms with Gasteiger partial charge in [0.2, 0.25) is 0 Å². The van der Waals surface area contributed by atoms with Crippen molar-refractivity contribution in [1.82, 2.24) is 4.98 Å². The van der Waals surface area contributed by atoms with Crippen molar-refractivity contribution in [3.63, 3.8) is 0 Å². The molecule has 1 aliphatic rings. The maximum atomic E-state index is 13.4. The van der Waals surface area contributed by atoms with Crippen molar-refractivity contribution in [3.8, 4) is 11.5 Å². The first kappa shape index (κ1) is 22.5. The molecule has 170 valence electrons. The smallest absolute Gasteiger partial charge is 0.301 e. The summed E-state index contributed by atoms with van der Waals surface area (Å²) in [6, 6.07) is 8.41. The van der Waals surface area contributed by atoms with E-state index in [2.05, 4.69) is 4.98 Å². The molecule has 9 heteroatoms. The zero-order valence-corrected chi connectivity index (χ0v) is 18.9. The second-order valence-corrected chi connectivity index (χ2v) is 8.66. The Morgan fingerprint density at radius 2 is 1.88 bits per heavy atom. The van der Waals surface area contributed by atoms with Crippen LogP contribution in [0.3, 0.4) is 0 Å². The van der Waals surface area contributed by atoms with Gasteiger partial charge in [0, 0.05) is 10.4 Å². The number of thiazole rings is 1. The van der Waals surface area contributed by atoms with Crippen LogP contribution in [0, 0.1) is 19.7 Å². The summed E-state index contributed by atoms with van der Waals surface area (Å²) < 4.78 is 18.9. The predicted octanol–water partition coefficient (Wildman–Crippen LogP) is 4.63. The highest BCUT2D eigenvalue weighted by molar-refractivity contribution is 7.16. The second-order valence-electron chi connectivity index (χ2n) is 7.47. The third kappa shape index (κ3) is 3.95. The number of Topliss-reactive ketones (excluding diaryl/α,β-unsaturated/α-hetero) is 1. The first-order chi connectivity index (χ1) is 15.7. The molecule has 0 spiro atoms. The second kappa shape index (κ2) is 8.67. The highest BCUT2D eigenvalue weighted by Gasteiger charge is 2.48. The number of aliphatic hydroxyl groups excluding tert-OH is 1. The van der Waals surface area contributed by atoms with Crippen molar-refractivity contribution in [3.05, 3.63) is 75.6 Å². The summed E-state index contributed by atoms with van der Waals surface area (Å²) in [6.45, 7) is 5.70. The van der Waals surface area contributed by atoms with Crippen LogP contribution in [0.1, 0.15) is 34.7 Å². The largest absolute Gasteiger partial charge is 0.507 e. The molecule has 1 atom stereocenters. The Balaban J connectivity index is 1.96. The lowest BCUT2D eigenvalue weighted by Crippen LogP contribution is -2.29. The van der Waals surface area contributed by atoms with Crippen LogP contribution in [-0.4, -0.2) is 33.5 Å². The van der Waals surface area contributed by atoms with Crippen LogP contribution >= 0.6 is 11.3 Å². The number of aromatic hydroxyl groups is 1. The van der Waals surface area contributed by atoms with Crippen LogP contribution in [-0.2, 0) is 9.59 Å². The average Bonchev–Trinajstić information content (AvgIpc) is 3.25. The van der Waals surface area contributed by atoms with Gasteiger partial charge in [-0.05, 0) is 62.7 Å². The van der Waals surface area contributed by atoms with Crippen LogP contribution in [0.4, 0.5) is 9.52 Å². The molecule has 0 aliphatic carbocycles. The molecule has 2 aromatic carbocycles. The number of aromatic nitrogens is 1. The fourth-order valence-corrected chi connectivity index (χ4v) is 4.58. The van der Waals surface area contributed by atoms with Crippen molar-refractivity contribution in [2.75, 3.05) is 11.5 Å². The number of aryl methyl sites for hydroxylation is 2. The summed E-state index contributed by atoms with van der Waals surface area (Å²) in [5.41, 5.74) is 1.18. The predicted molar refractivity (Wildman–Crippen MR) is 122 cm³/mol. The number of aliphatic hydroxyl groups is 1. The fraction of sp³-hybridized carbons (Fsp3) is 0.208. The highest BCUT2D eigenvalue weighted by Crippen LogP contribution is 2.45. The van der Waals surface area contributed by atoms with Crippen LogP contribution < -0.4 is 9.64 Å². The lowest BCUT2D eigenvalue weighted by molar-refractivity contribution is -0.132. The molecule has 0 unspecified atom stereocenters. The summed E-state index contributed by atoms with van der Waals surface area (Å²) in [5, 5.41) is 21.5. The van der Waals surface area contributed by atoms with Gasteiger partial charge in [0.1, 0.15) is 11.6 Å². The molecule has 0 saturated carbocycles. The molecule has 1 aliphatic heterocycles. The van der Waals surface area contributed by atoms with E-state index in [1.165, 1.54) is 40.5 Å². The maximum absolute atomic E-state index is 13.4. The number of phenolic OH excluding ortho intramolecular Hbond substituents is 1. The number of carbonyl (C=O) groups excluding carboxylic acids is 2. The lowest BCUT2D eigenvalue weighted by atomic mass is 9.95. The SMILES string of the molecule is CCOc1cc([C@H]2C(=C(O)c3ccc(F)cc3)C(=O)C(=O)N2c2nc(C)c(C)s2)ccc1O. The lowest BCUT2D eigenvalue weighted by Gasteiger charge is -2.23. The van der Waals surface area contributed by atoms with Gasteiger partial charge in [0.05, 0.1) is 23.9 Å². The molecule has 1 aromatic heterocycles. The van der Waals surface area contributed by atoms with Crippen LogP contribution in [0.5, 0.6) is 11.5 Å². The maximum Gasteiger partial charge on any atom is 0.301 e. The Morgan fingerprint density at radius 1 is 1.18 bits per heavy atom. The van der Waals surface area contributed by atoms with Crippen molar-refractivity contribution in [2.24, 2.45) is 0 Å². The number of halogens is 1. The van der Waals surface area contributed by atoms with E-state index in [9.17, 15) is 24.2 Å². The monoisotopic (exact) mass is 468 g/mol. The first-order valence-electron chi connectivity index (χ1n) is 10.2. The normalized spacial score (nSPS) is 17.6. The van der Waals surface area contributed by atoms with Gasteiger partial charge in [-0.1, -0.05) is 6.07 Å². The van der Waals surface area contributed by atoms with Gasteiger partial charge in [0.25, 0.3) is 5.78 Å². The highest BCUT2D eigenvalue weighted by atomic mass is 32.1. The van der Waals surface area contributed by atoms with Crippen molar-refractivity contribution in [2.45, 2.75) is 26.8 Å². The Hall–Kier alpha value is -3.72. The van der Waals surface area contributed by atoms with E-state index < -0.39 is 29.3 Å². The number of ether oxygens (including phenoxy) is 1. The van der Waals surface area contributed by atoms with Crippen molar-refractivity contribution in [1.29, 1.82) is 0 Å². The Morgan fingerprint density at radius 3 is 2.48 bits per heavy atom. The molecular formula is C24H21FN2O5S. The minimum Gasteiger partial charge on any atom is -0.507 e. The van der Waals surface area contributed by atoms with Crippen LogP contribution in [0.25, 0.3) is 5.76 Å². The number of benzene rings is 2. The summed E-state index contributed by atoms with van der Waals surface area (Å²) in [7, 11) is 0.